The van der Waals surface area contributed by atoms with Crippen molar-refractivity contribution in [3.63, 3.8) is 0 Å². The lowest BCUT2D eigenvalue weighted by Gasteiger charge is -2.24. The summed E-state index contributed by atoms with van der Waals surface area (Å²) in [7, 11) is 1.82. The van der Waals surface area contributed by atoms with Gasteiger partial charge in [-0.1, -0.05) is 6.42 Å². The number of benzene rings is 2. The lowest BCUT2D eigenvalue weighted by molar-refractivity contribution is -0.128. The fraction of sp³-hybridized carbons (Fsp3) is 0.360. The third-order valence-electron chi connectivity index (χ3n) is 6.26. The van der Waals surface area contributed by atoms with Crippen LogP contribution < -0.4 is 5.32 Å². The van der Waals surface area contributed by atoms with Crippen molar-refractivity contribution in [2.75, 3.05) is 20.1 Å². The second kappa shape index (κ2) is 9.68. The predicted octanol–water partition coefficient (Wildman–Crippen LogP) is 4.63. The largest absolute Gasteiger partial charge is 0.356 e. The molecule has 33 heavy (non-hydrogen) atoms. The quantitative estimate of drug-likeness (QED) is 0.600. The monoisotopic (exact) mass is 457 g/mol. The van der Waals surface area contributed by atoms with Crippen LogP contribution >= 0.6 is 0 Å². The molecule has 2 fully saturated rings. The molecule has 1 aliphatic heterocycles. The van der Waals surface area contributed by atoms with E-state index >= 15 is 0 Å². The van der Waals surface area contributed by atoms with Crippen molar-refractivity contribution >= 4 is 22.7 Å². The van der Waals surface area contributed by atoms with E-state index in [-0.39, 0.29) is 29.1 Å². The smallest absolute Gasteiger partial charge is 0.223 e. The molecular formula is C25H26F3N3O2. The second-order valence-electron chi connectivity index (χ2n) is 8.76. The topological polar surface area (TPSA) is 65.2 Å². The van der Waals surface area contributed by atoms with Crippen molar-refractivity contribution in [3.05, 3.63) is 59.9 Å². The van der Waals surface area contributed by atoms with Crippen molar-refractivity contribution in [1.29, 1.82) is 0 Å². The van der Waals surface area contributed by atoms with Crippen LogP contribution in [0.25, 0.3) is 22.2 Å². The maximum absolute atomic E-state index is 13.5. The van der Waals surface area contributed by atoms with Gasteiger partial charge in [0.2, 0.25) is 11.8 Å². The number of fused-ring (bicyclic) bond motifs is 1. The maximum Gasteiger partial charge on any atom is 0.223 e. The van der Waals surface area contributed by atoms with Gasteiger partial charge in [0.25, 0.3) is 0 Å². The third-order valence-corrected chi connectivity index (χ3v) is 6.26. The fourth-order valence-corrected chi connectivity index (χ4v) is 4.10. The van der Waals surface area contributed by atoms with Gasteiger partial charge in [0.1, 0.15) is 17.5 Å². The number of H-pyrrole nitrogens is 1. The molecule has 3 aromatic rings. The first-order valence-electron chi connectivity index (χ1n) is 11.1. The van der Waals surface area contributed by atoms with E-state index in [2.05, 4.69) is 10.3 Å². The molecule has 0 bridgehead atoms. The van der Waals surface area contributed by atoms with E-state index in [1.54, 1.807) is 23.1 Å². The number of hydrogen-bond acceptors (Lipinski definition) is 2. The lowest BCUT2D eigenvalue weighted by Crippen LogP contribution is -2.37. The maximum atomic E-state index is 13.5. The zero-order chi connectivity index (χ0) is 23.5. The molecule has 1 atom stereocenters. The van der Waals surface area contributed by atoms with Gasteiger partial charge in [0, 0.05) is 55.5 Å². The number of aromatic nitrogens is 1. The molecule has 1 aromatic heterocycles. The zero-order valence-corrected chi connectivity index (χ0v) is 18.3. The molecule has 0 spiro atoms. The molecule has 174 valence electrons. The van der Waals surface area contributed by atoms with Gasteiger partial charge in [-0.05, 0) is 54.8 Å². The first-order chi connectivity index (χ1) is 15.8. The number of amides is 2. The van der Waals surface area contributed by atoms with Crippen LogP contribution in [0.2, 0.25) is 0 Å². The molecule has 5 rings (SSSR count). The number of nitrogens with zero attached hydrogens (tertiary/aromatic N) is 1. The molecule has 5 nitrogen and oxygen atoms in total. The predicted molar refractivity (Wildman–Crippen MR) is 120 cm³/mol. The van der Waals surface area contributed by atoms with E-state index in [0.717, 1.165) is 25.5 Å². The minimum Gasteiger partial charge on any atom is -0.356 e. The summed E-state index contributed by atoms with van der Waals surface area (Å²) in [5, 5.41) is 3.40. The minimum atomic E-state index is -0.640. The van der Waals surface area contributed by atoms with Crippen LogP contribution in [0, 0.1) is 29.3 Å². The average Bonchev–Trinajstić information content (AvgIpc) is 3.29. The number of carbonyl (C=O) groups excluding carboxylic acids is 2. The van der Waals surface area contributed by atoms with E-state index in [0.29, 0.717) is 35.5 Å². The van der Waals surface area contributed by atoms with Crippen LogP contribution in [0.1, 0.15) is 25.7 Å². The van der Waals surface area contributed by atoms with E-state index in [4.69, 9.17) is 0 Å². The number of halogens is 3. The Balaban J connectivity index is 0.000000160. The van der Waals surface area contributed by atoms with E-state index in [9.17, 15) is 22.8 Å². The Morgan fingerprint density at radius 2 is 1.82 bits per heavy atom. The minimum absolute atomic E-state index is 0.184. The van der Waals surface area contributed by atoms with Crippen LogP contribution in [0.4, 0.5) is 13.2 Å². The van der Waals surface area contributed by atoms with E-state index in [1.165, 1.54) is 24.6 Å². The molecule has 2 aromatic carbocycles. The Labute approximate surface area is 190 Å². The number of nitrogens with one attached hydrogen (secondary N) is 2. The summed E-state index contributed by atoms with van der Waals surface area (Å²) in [6, 6.07) is 9.50. The second-order valence-corrected chi connectivity index (χ2v) is 8.76. The van der Waals surface area contributed by atoms with Crippen LogP contribution in [-0.2, 0) is 9.59 Å². The van der Waals surface area contributed by atoms with Gasteiger partial charge in [0.05, 0.1) is 5.52 Å². The molecule has 1 aliphatic carbocycles. The van der Waals surface area contributed by atoms with Crippen molar-refractivity contribution < 1.29 is 22.8 Å². The molecular weight excluding hydrogens is 431 g/mol. The Morgan fingerprint density at radius 3 is 2.42 bits per heavy atom. The van der Waals surface area contributed by atoms with Gasteiger partial charge in [-0.15, -0.1) is 0 Å². The number of aromatic amines is 1. The van der Waals surface area contributed by atoms with Gasteiger partial charge in [-0.25, -0.2) is 13.2 Å². The summed E-state index contributed by atoms with van der Waals surface area (Å²) in [4.78, 5) is 27.4. The molecule has 2 aliphatic rings. The highest BCUT2D eigenvalue weighted by molar-refractivity contribution is 5.86. The summed E-state index contributed by atoms with van der Waals surface area (Å²) < 4.78 is 39.4. The van der Waals surface area contributed by atoms with Crippen molar-refractivity contribution in [2.45, 2.75) is 25.7 Å². The first-order valence-corrected chi connectivity index (χ1v) is 11.1. The molecule has 1 saturated carbocycles. The van der Waals surface area contributed by atoms with Crippen LogP contribution in [-0.4, -0.2) is 41.8 Å². The Bertz CT molecular complexity index is 1160. The zero-order valence-electron chi connectivity index (χ0n) is 18.3. The first kappa shape index (κ1) is 22.9. The number of carbonyl (C=O) groups is 2. The van der Waals surface area contributed by atoms with Crippen LogP contribution in [0.5, 0.6) is 0 Å². The number of likely N-dealkylation sites (tertiary alicyclic amines) is 1. The van der Waals surface area contributed by atoms with Crippen molar-refractivity contribution in [1.82, 2.24) is 15.2 Å². The van der Waals surface area contributed by atoms with E-state index in [1.807, 2.05) is 7.05 Å². The highest BCUT2D eigenvalue weighted by Gasteiger charge is 2.29. The summed E-state index contributed by atoms with van der Waals surface area (Å²) >= 11 is 0. The molecule has 1 saturated heterocycles. The van der Waals surface area contributed by atoms with Crippen molar-refractivity contribution in [2.24, 2.45) is 11.8 Å². The summed E-state index contributed by atoms with van der Waals surface area (Å²) in [5.74, 6) is -0.664. The summed E-state index contributed by atoms with van der Waals surface area (Å²) in [6.07, 6.45) is 3.84. The van der Waals surface area contributed by atoms with Gasteiger partial charge in [0.15, 0.2) is 0 Å². The van der Waals surface area contributed by atoms with Gasteiger partial charge in [-0.3, -0.25) is 9.59 Å². The molecule has 1 unspecified atom stereocenters. The molecule has 8 heteroatoms. The Morgan fingerprint density at radius 1 is 1.09 bits per heavy atom. The molecule has 2 N–H and O–H groups in total. The van der Waals surface area contributed by atoms with Gasteiger partial charge >= 0.3 is 0 Å². The van der Waals surface area contributed by atoms with E-state index < -0.39 is 11.6 Å². The van der Waals surface area contributed by atoms with Crippen LogP contribution in [0.3, 0.4) is 0 Å². The standard InChI is InChI=1S/C14H8F3N.C11H18N2O2/c15-10-3-1-8(2-4-10)13-6-9-5-11(16)7-12(17)14(9)18-13;1-13-7-8(5-10(13)14)6-12-11(15)9-3-2-4-9/h1-7,18H;8-9H,2-7H2,1H3,(H,12,15). The Kier molecular flexibility index (Phi) is 6.72. The number of rotatable bonds is 4. The van der Waals surface area contributed by atoms with Crippen molar-refractivity contribution in [3.8, 4) is 11.3 Å². The molecule has 0 radical (unpaired) electrons. The van der Waals surface area contributed by atoms with Gasteiger partial charge in [-0.2, -0.15) is 0 Å². The van der Waals surface area contributed by atoms with Gasteiger partial charge < -0.3 is 15.2 Å². The number of hydrogen-bond donors (Lipinski definition) is 2. The average molecular weight is 457 g/mol. The van der Waals surface area contributed by atoms with Crippen LogP contribution in [0.15, 0.2) is 42.5 Å². The fourth-order valence-electron chi connectivity index (χ4n) is 4.10. The SMILES string of the molecule is CN1CC(CNC(=O)C2CCC2)CC1=O.Fc1ccc(-c2cc3cc(F)cc(F)c3[nH]2)cc1. The molecule has 2 heterocycles. The highest BCUT2D eigenvalue weighted by Crippen LogP contribution is 2.27. The summed E-state index contributed by atoms with van der Waals surface area (Å²) in [6.45, 7) is 1.44. The normalized spacial score (nSPS) is 18.1. The molecule has 2 amide bonds. The Hall–Kier alpha value is -3.29. The summed E-state index contributed by atoms with van der Waals surface area (Å²) in [5.41, 5.74) is 1.58. The third kappa shape index (κ3) is 5.38. The highest BCUT2D eigenvalue weighted by atomic mass is 19.1. The lowest BCUT2D eigenvalue weighted by atomic mass is 9.85.